The number of aliphatic hydroxyl groups excluding tert-OH is 1. The number of hydrogen-bond acceptors (Lipinski definition) is 8. The van der Waals surface area contributed by atoms with Crippen molar-refractivity contribution in [3.05, 3.63) is 41.5 Å². The number of benzene rings is 1. The molecule has 3 rings (SSSR count). The largest absolute Gasteiger partial charge is 0.493 e. The molecule has 26 heavy (non-hydrogen) atoms. The van der Waals surface area contributed by atoms with Crippen LogP contribution in [0.25, 0.3) is 10.2 Å². The summed E-state index contributed by atoms with van der Waals surface area (Å²) in [5, 5.41) is 14.0. The summed E-state index contributed by atoms with van der Waals surface area (Å²) in [6.07, 6.45) is 0.853. The highest BCUT2D eigenvalue weighted by atomic mass is 32.2. The number of carbonyl (C=O) groups excluding carboxylic acids is 1. The van der Waals surface area contributed by atoms with E-state index in [4.69, 9.17) is 9.47 Å². The van der Waals surface area contributed by atoms with Crippen LogP contribution < -0.4 is 9.47 Å². The number of rotatable bonds is 8. The summed E-state index contributed by atoms with van der Waals surface area (Å²) in [6, 6.07) is 6.96. The molecule has 0 bridgehead atoms. The van der Waals surface area contributed by atoms with Crippen LogP contribution in [-0.4, -0.2) is 46.4 Å². The number of ketones is 1. The zero-order chi connectivity index (χ0) is 18.5. The summed E-state index contributed by atoms with van der Waals surface area (Å²) in [5.74, 6) is 1.35. The van der Waals surface area contributed by atoms with Crippen molar-refractivity contribution in [1.82, 2.24) is 9.97 Å². The third kappa shape index (κ3) is 4.32. The van der Waals surface area contributed by atoms with Gasteiger partial charge in [0.15, 0.2) is 17.3 Å². The summed E-state index contributed by atoms with van der Waals surface area (Å²) >= 11 is 3.02. The van der Waals surface area contributed by atoms with E-state index >= 15 is 0 Å². The van der Waals surface area contributed by atoms with Gasteiger partial charge in [-0.05, 0) is 36.6 Å². The molecule has 2 aromatic heterocycles. The second kappa shape index (κ2) is 8.48. The first-order chi connectivity index (χ1) is 12.6. The number of aliphatic hydroxyl groups is 1. The molecular weight excluding hydrogens is 372 g/mol. The Labute approximate surface area is 159 Å². The maximum absolute atomic E-state index is 11.4. The van der Waals surface area contributed by atoms with Gasteiger partial charge in [0.05, 0.1) is 13.2 Å². The second-order valence-corrected chi connectivity index (χ2v) is 7.42. The van der Waals surface area contributed by atoms with E-state index in [1.807, 2.05) is 11.4 Å². The lowest BCUT2D eigenvalue weighted by Gasteiger charge is -2.14. The molecule has 8 heteroatoms. The summed E-state index contributed by atoms with van der Waals surface area (Å²) in [7, 11) is 1.51. The van der Waals surface area contributed by atoms with Crippen molar-refractivity contribution >= 4 is 39.1 Å². The maximum atomic E-state index is 11.4. The first kappa shape index (κ1) is 18.6. The molecule has 1 N–H and O–H groups in total. The molecule has 1 unspecified atom stereocenters. The number of thioether (sulfide) groups is 1. The maximum Gasteiger partial charge on any atom is 0.161 e. The van der Waals surface area contributed by atoms with Crippen LogP contribution in [0, 0.1) is 0 Å². The number of methoxy groups -OCH3 is 1. The normalized spacial score (nSPS) is 12.1. The van der Waals surface area contributed by atoms with Gasteiger partial charge in [0.1, 0.15) is 22.8 Å². The molecule has 0 radical (unpaired) electrons. The molecule has 2 heterocycles. The lowest BCUT2D eigenvalue weighted by molar-refractivity contribution is 0.101. The number of thiophene rings is 1. The van der Waals surface area contributed by atoms with E-state index in [0.717, 1.165) is 15.2 Å². The standard InChI is InChI=1S/C18H18N2O4S2/c1-11(21)12-3-4-15(16(7-12)23-2)24-8-13(22)9-26-18-14-5-6-25-17(14)19-10-20-18/h3-7,10,13,22H,8-9H2,1-2H3. The average Bonchev–Trinajstić information content (AvgIpc) is 3.13. The molecule has 0 aliphatic heterocycles. The van der Waals surface area contributed by atoms with Crippen LogP contribution in [0.3, 0.4) is 0 Å². The van der Waals surface area contributed by atoms with Crippen molar-refractivity contribution in [1.29, 1.82) is 0 Å². The Hall–Kier alpha value is -2.16. The van der Waals surface area contributed by atoms with Gasteiger partial charge in [0.2, 0.25) is 0 Å². The minimum Gasteiger partial charge on any atom is -0.493 e. The van der Waals surface area contributed by atoms with Crippen molar-refractivity contribution in [3.8, 4) is 11.5 Å². The number of Topliss-reactive ketones (excluding diaryl/α,β-unsaturated/α-hetero) is 1. The number of carbonyl (C=O) groups is 1. The Bertz CT molecular complexity index is 913. The Balaban J connectivity index is 1.58. The molecule has 0 saturated heterocycles. The molecule has 0 spiro atoms. The van der Waals surface area contributed by atoms with Crippen molar-refractivity contribution in [3.63, 3.8) is 0 Å². The van der Waals surface area contributed by atoms with Gasteiger partial charge in [0, 0.05) is 16.7 Å². The minimum absolute atomic E-state index is 0.0455. The fourth-order valence-corrected chi connectivity index (χ4v) is 3.98. The first-order valence-electron chi connectivity index (χ1n) is 7.89. The van der Waals surface area contributed by atoms with Gasteiger partial charge in [-0.2, -0.15) is 0 Å². The smallest absolute Gasteiger partial charge is 0.161 e. The van der Waals surface area contributed by atoms with Crippen LogP contribution in [-0.2, 0) is 0 Å². The van der Waals surface area contributed by atoms with Crippen LogP contribution in [0.5, 0.6) is 11.5 Å². The van der Waals surface area contributed by atoms with Gasteiger partial charge in [-0.15, -0.1) is 23.1 Å². The Morgan fingerprint density at radius 2 is 2.15 bits per heavy atom. The molecule has 0 fully saturated rings. The molecule has 0 amide bonds. The van der Waals surface area contributed by atoms with E-state index in [2.05, 4.69) is 9.97 Å². The molecule has 3 aromatic rings. The van der Waals surface area contributed by atoms with E-state index in [9.17, 15) is 9.90 Å². The third-order valence-electron chi connectivity index (χ3n) is 3.64. The number of hydrogen-bond donors (Lipinski definition) is 1. The fourth-order valence-electron chi connectivity index (χ4n) is 2.30. The molecule has 0 saturated carbocycles. The van der Waals surface area contributed by atoms with E-state index in [1.165, 1.54) is 32.1 Å². The first-order valence-corrected chi connectivity index (χ1v) is 9.76. The minimum atomic E-state index is -0.680. The van der Waals surface area contributed by atoms with E-state index in [1.54, 1.807) is 29.5 Å². The molecule has 1 aromatic carbocycles. The van der Waals surface area contributed by atoms with E-state index < -0.39 is 6.10 Å². The van der Waals surface area contributed by atoms with E-state index in [0.29, 0.717) is 22.8 Å². The van der Waals surface area contributed by atoms with Crippen LogP contribution >= 0.6 is 23.1 Å². The molecule has 136 valence electrons. The topological polar surface area (TPSA) is 81.5 Å². The van der Waals surface area contributed by atoms with Gasteiger partial charge in [-0.3, -0.25) is 4.79 Å². The highest BCUT2D eigenvalue weighted by Gasteiger charge is 2.13. The summed E-state index contributed by atoms with van der Waals surface area (Å²) < 4.78 is 10.9. The van der Waals surface area contributed by atoms with Gasteiger partial charge in [-0.1, -0.05) is 0 Å². The quantitative estimate of drug-likeness (QED) is 0.358. The summed E-state index contributed by atoms with van der Waals surface area (Å²) in [5.41, 5.74) is 0.550. The summed E-state index contributed by atoms with van der Waals surface area (Å²) in [6.45, 7) is 1.61. The predicted octanol–water partition coefficient (Wildman–Crippen LogP) is 3.43. The monoisotopic (exact) mass is 390 g/mol. The summed E-state index contributed by atoms with van der Waals surface area (Å²) in [4.78, 5) is 20.9. The number of nitrogens with zero attached hydrogens (tertiary/aromatic N) is 2. The molecular formula is C18H18N2O4S2. The zero-order valence-electron chi connectivity index (χ0n) is 14.3. The zero-order valence-corrected chi connectivity index (χ0v) is 16.0. The van der Waals surface area contributed by atoms with Crippen LogP contribution in [0.4, 0.5) is 0 Å². The number of aromatic nitrogens is 2. The van der Waals surface area contributed by atoms with Crippen LogP contribution in [0.1, 0.15) is 17.3 Å². The fraction of sp³-hybridized carbons (Fsp3) is 0.278. The lowest BCUT2D eigenvalue weighted by atomic mass is 10.1. The Morgan fingerprint density at radius 3 is 2.92 bits per heavy atom. The highest BCUT2D eigenvalue weighted by molar-refractivity contribution is 7.99. The highest BCUT2D eigenvalue weighted by Crippen LogP contribution is 2.30. The van der Waals surface area contributed by atoms with Gasteiger partial charge in [0.25, 0.3) is 0 Å². The Morgan fingerprint density at radius 1 is 1.31 bits per heavy atom. The van der Waals surface area contributed by atoms with Crippen molar-refractivity contribution < 1.29 is 19.4 Å². The molecule has 6 nitrogen and oxygen atoms in total. The SMILES string of the molecule is COc1cc(C(C)=O)ccc1OCC(O)CSc1ncnc2sccc12. The predicted molar refractivity (Wildman–Crippen MR) is 103 cm³/mol. The Kier molecular flexibility index (Phi) is 6.08. The van der Waals surface area contributed by atoms with Gasteiger partial charge >= 0.3 is 0 Å². The average molecular weight is 390 g/mol. The molecule has 0 aliphatic carbocycles. The van der Waals surface area contributed by atoms with Crippen molar-refractivity contribution in [2.24, 2.45) is 0 Å². The number of ether oxygens (including phenoxy) is 2. The van der Waals surface area contributed by atoms with Crippen LogP contribution in [0.2, 0.25) is 0 Å². The van der Waals surface area contributed by atoms with Crippen molar-refractivity contribution in [2.45, 2.75) is 18.1 Å². The molecule has 1 atom stereocenters. The van der Waals surface area contributed by atoms with Crippen LogP contribution in [0.15, 0.2) is 41.0 Å². The second-order valence-electron chi connectivity index (χ2n) is 5.52. The molecule has 0 aliphatic rings. The van der Waals surface area contributed by atoms with E-state index in [-0.39, 0.29) is 12.4 Å². The van der Waals surface area contributed by atoms with Gasteiger partial charge in [-0.25, -0.2) is 9.97 Å². The van der Waals surface area contributed by atoms with Crippen molar-refractivity contribution in [2.75, 3.05) is 19.5 Å². The third-order valence-corrected chi connectivity index (χ3v) is 5.61. The number of fused-ring (bicyclic) bond motifs is 1. The lowest BCUT2D eigenvalue weighted by Crippen LogP contribution is -2.20. The van der Waals surface area contributed by atoms with Gasteiger partial charge < -0.3 is 14.6 Å².